The minimum Gasteiger partial charge on any atom is -0.469 e. The van der Waals surface area contributed by atoms with Crippen LogP contribution in [0, 0.1) is 62.1 Å². The van der Waals surface area contributed by atoms with Crippen molar-refractivity contribution < 1.29 is 19.7 Å². The minimum absolute atomic E-state index is 0.0473. The number of hydrogen-bond acceptors (Lipinski definition) is 4. The van der Waals surface area contributed by atoms with Crippen molar-refractivity contribution >= 4 is 5.97 Å². The Morgan fingerprint density at radius 2 is 1.40 bits per heavy atom. The van der Waals surface area contributed by atoms with Gasteiger partial charge in [0.05, 0.1) is 12.5 Å². The summed E-state index contributed by atoms with van der Waals surface area (Å²) in [6.45, 7) is 15.2. The Morgan fingerprint density at radius 3 is 1.95 bits per heavy atom. The molecule has 5 rings (SSSR count). The van der Waals surface area contributed by atoms with Crippen LogP contribution in [0.3, 0.4) is 0 Å². The Balaban J connectivity index is 1.63. The number of methoxy groups -OCH3 is 1. The van der Waals surface area contributed by atoms with Crippen LogP contribution in [0.5, 0.6) is 0 Å². The topological polar surface area (TPSA) is 66.8 Å². The molecule has 0 aliphatic heterocycles. The molecule has 5 fully saturated rings. The van der Waals surface area contributed by atoms with Gasteiger partial charge in [0.1, 0.15) is 0 Å². The molecule has 0 saturated heterocycles. The molecule has 0 amide bonds. The number of rotatable bonds is 10. The fraction of sp³-hybridized carbons (Fsp3) is 0.974. The number of aliphatic hydroxyl groups is 2. The van der Waals surface area contributed by atoms with Gasteiger partial charge in [-0.3, -0.25) is 4.79 Å². The largest absolute Gasteiger partial charge is 0.469 e. The van der Waals surface area contributed by atoms with Gasteiger partial charge in [-0.25, -0.2) is 0 Å². The van der Waals surface area contributed by atoms with Crippen LogP contribution < -0.4 is 0 Å². The van der Waals surface area contributed by atoms with E-state index in [1.807, 2.05) is 0 Å². The lowest BCUT2D eigenvalue weighted by atomic mass is 9.28. The van der Waals surface area contributed by atoms with Crippen molar-refractivity contribution in [3.05, 3.63) is 0 Å². The van der Waals surface area contributed by atoms with Crippen molar-refractivity contribution in [1.29, 1.82) is 0 Å². The molecular formula is C39H68O4. The van der Waals surface area contributed by atoms with Gasteiger partial charge in [0.25, 0.3) is 0 Å². The van der Waals surface area contributed by atoms with E-state index >= 15 is 0 Å². The van der Waals surface area contributed by atoms with Crippen LogP contribution in [0.25, 0.3) is 0 Å². The van der Waals surface area contributed by atoms with Gasteiger partial charge < -0.3 is 14.9 Å². The van der Waals surface area contributed by atoms with E-state index in [1.54, 1.807) is 7.11 Å². The normalized spacial score (nSPS) is 47.0. The zero-order valence-corrected chi connectivity index (χ0v) is 29.2. The fourth-order valence-corrected chi connectivity index (χ4v) is 15.0. The summed E-state index contributed by atoms with van der Waals surface area (Å²) in [5.41, 5.74) is 1.01. The second-order valence-electron chi connectivity index (χ2n) is 16.6. The van der Waals surface area contributed by atoms with E-state index in [2.05, 4.69) is 41.5 Å². The van der Waals surface area contributed by atoms with E-state index in [0.29, 0.717) is 40.4 Å². The smallest absolute Gasteiger partial charge is 0.312 e. The van der Waals surface area contributed by atoms with Gasteiger partial charge in [-0.15, -0.1) is 0 Å². The lowest BCUT2D eigenvalue weighted by molar-refractivity contribution is -0.275. The molecule has 4 nitrogen and oxygen atoms in total. The summed E-state index contributed by atoms with van der Waals surface area (Å²) in [5, 5.41) is 21.1. The predicted octanol–water partition coefficient (Wildman–Crippen LogP) is 9.35. The summed E-state index contributed by atoms with van der Waals surface area (Å²) in [6, 6.07) is 0. The second-order valence-corrected chi connectivity index (χ2v) is 16.6. The first kappa shape index (κ1) is 33.7. The van der Waals surface area contributed by atoms with Crippen molar-refractivity contribution in [1.82, 2.24) is 0 Å². The first-order valence-corrected chi connectivity index (χ1v) is 18.9. The van der Waals surface area contributed by atoms with Gasteiger partial charge >= 0.3 is 5.97 Å². The average Bonchev–Trinajstić information content (AvgIpc) is 3.06. The standard InChI is InChI=1S/C39H68O4/c1-8-34(9-2)20-21-37(33(42)43-7)22-23-38(12-5)29(30(37)26-34)14-15-32-36(11-4)18-16-28(27-41)35(10-3,24-25-40)31(36)17-19-39(32,38)13-6/h28-32,40-41H,8-27H2,1-7H3/t28-,29?,30+,31?,32-,35-,36+,37+,38-,39-/m1/s1. The van der Waals surface area contributed by atoms with Crippen LogP contribution in [0.2, 0.25) is 0 Å². The molecule has 248 valence electrons. The Labute approximate surface area is 264 Å². The van der Waals surface area contributed by atoms with E-state index in [-0.39, 0.29) is 40.8 Å². The molecule has 43 heavy (non-hydrogen) atoms. The highest BCUT2D eigenvalue weighted by molar-refractivity contribution is 5.77. The van der Waals surface area contributed by atoms with Crippen molar-refractivity contribution in [3.63, 3.8) is 0 Å². The van der Waals surface area contributed by atoms with E-state index in [9.17, 15) is 15.0 Å². The van der Waals surface area contributed by atoms with Gasteiger partial charge in [0, 0.05) is 13.2 Å². The van der Waals surface area contributed by atoms with E-state index in [0.717, 1.165) is 32.1 Å². The van der Waals surface area contributed by atoms with Crippen LogP contribution in [0.4, 0.5) is 0 Å². The third kappa shape index (κ3) is 4.29. The second kappa shape index (κ2) is 12.2. The maximum absolute atomic E-state index is 13.9. The molecule has 2 N–H and O–H groups in total. The van der Waals surface area contributed by atoms with Gasteiger partial charge in [0.15, 0.2) is 0 Å². The van der Waals surface area contributed by atoms with Crippen LogP contribution in [-0.2, 0) is 9.53 Å². The quantitative estimate of drug-likeness (QED) is 0.245. The molecule has 5 aliphatic rings. The zero-order chi connectivity index (χ0) is 31.3. The average molecular weight is 601 g/mol. The number of carbonyl (C=O) groups excluding carboxylic acids is 1. The summed E-state index contributed by atoms with van der Waals surface area (Å²) in [4.78, 5) is 13.9. The summed E-state index contributed by atoms with van der Waals surface area (Å²) < 4.78 is 5.69. The van der Waals surface area contributed by atoms with Gasteiger partial charge in [-0.05, 0) is 159 Å². The van der Waals surface area contributed by atoms with Gasteiger partial charge in [-0.1, -0.05) is 54.4 Å². The van der Waals surface area contributed by atoms with E-state index < -0.39 is 0 Å². The molecule has 5 aliphatic carbocycles. The van der Waals surface area contributed by atoms with Crippen LogP contribution >= 0.6 is 0 Å². The van der Waals surface area contributed by atoms with Gasteiger partial charge in [-0.2, -0.15) is 0 Å². The van der Waals surface area contributed by atoms with Crippen molar-refractivity contribution in [2.75, 3.05) is 20.3 Å². The van der Waals surface area contributed by atoms with Crippen molar-refractivity contribution in [3.8, 4) is 0 Å². The Kier molecular flexibility index (Phi) is 9.58. The number of aliphatic hydroxyl groups excluding tert-OH is 2. The highest BCUT2D eigenvalue weighted by atomic mass is 16.5. The molecule has 0 aromatic heterocycles. The predicted molar refractivity (Wildman–Crippen MR) is 175 cm³/mol. The first-order valence-electron chi connectivity index (χ1n) is 18.9. The number of carbonyl (C=O) groups is 1. The third-order valence-corrected chi connectivity index (χ3v) is 17.3. The maximum atomic E-state index is 13.9. The van der Waals surface area contributed by atoms with Crippen LogP contribution in [0.15, 0.2) is 0 Å². The summed E-state index contributed by atoms with van der Waals surface area (Å²) >= 11 is 0. The number of esters is 1. The molecule has 0 bridgehead atoms. The summed E-state index contributed by atoms with van der Waals surface area (Å²) in [5.74, 6) is 2.74. The minimum atomic E-state index is -0.287. The fourth-order valence-electron chi connectivity index (χ4n) is 15.0. The molecule has 2 unspecified atom stereocenters. The summed E-state index contributed by atoms with van der Waals surface area (Å²) in [6.07, 6.45) is 21.1. The number of ether oxygens (including phenoxy) is 1. The lowest BCUT2D eigenvalue weighted by Gasteiger charge is -2.76. The summed E-state index contributed by atoms with van der Waals surface area (Å²) in [7, 11) is 1.64. The van der Waals surface area contributed by atoms with Crippen molar-refractivity contribution in [2.45, 2.75) is 157 Å². The number of fused-ring (bicyclic) bond motifs is 7. The Bertz CT molecular complexity index is 990. The Hall–Kier alpha value is -0.610. The SMILES string of the molecule is CCC1(CC)CC[C@]2(C(=O)OC)CC[C@]3(CC)C(CC[C@@H]4[C@@]5(CC)CC[C@H](CO)[C@@](CC)(CCO)C5CC[C@]43CC)[C@@H]2C1. The molecule has 10 atom stereocenters. The monoisotopic (exact) mass is 601 g/mol. The molecule has 0 spiro atoms. The van der Waals surface area contributed by atoms with E-state index in [4.69, 9.17) is 4.74 Å². The molecule has 0 aromatic carbocycles. The molecule has 0 heterocycles. The molecule has 0 aromatic rings. The number of hydrogen-bond donors (Lipinski definition) is 2. The molecule has 4 heteroatoms. The van der Waals surface area contributed by atoms with E-state index in [1.165, 1.54) is 83.5 Å². The highest BCUT2D eigenvalue weighted by Crippen LogP contribution is 2.80. The molecule has 5 saturated carbocycles. The lowest BCUT2D eigenvalue weighted by Crippen LogP contribution is -2.69. The zero-order valence-electron chi connectivity index (χ0n) is 29.2. The highest BCUT2D eigenvalue weighted by Gasteiger charge is 2.73. The van der Waals surface area contributed by atoms with Gasteiger partial charge in [0.2, 0.25) is 0 Å². The first-order chi connectivity index (χ1) is 20.6. The van der Waals surface area contributed by atoms with Crippen molar-refractivity contribution in [2.24, 2.45) is 62.1 Å². The third-order valence-electron chi connectivity index (χ3n) is 17.3. The molecular weight excluding hydrogens is 532 g/mol. The van der Waals surface area contributed by atoms with Crippen LogP contribution in [-0.4, -0.2) is 36.5 Å². The maximum Gasteiger partial charge on any atom is 0.312 e. The molecule has 0 radical (unpaired) electrons. The Morgan fingerprint density at radius 1 is 0.698 bits per heavy atom. The van der Waals surface area contributed by atoms with Crippen LogP contribution in [0.1, 0.15) is 157 Å².